The highest BCUT2D eigenvalue weighted by Crippen LogP contribution is 2.42. The maximum atomic E-state index is 2.39. The first-order valence-corrected chi connectivity index (χ1v) is 18.5. The van der Waals surface area contributed by atoms with Crippen LogP contribution in [-0.4, -0.2) is 4.57 Å². The summed E-state index contributed by atoms with van der Waals surface area (Å²) in [6, 6.07) is 78.9. The molecule has 0 amide bonds. The summed E-state index contributed by atoms with van der Waals surface area (Å²) in [4.78, 5) is 2.39. The molecule has 0 saturated carbocycles. The molecule has 0 bridgehead atoms. The fourth-order valence-electron chi connectivity index (χ4n) is 7.97. The second-order valence-corrected chi connectivity index (χ2v) is 13.8. The first kappa shape index (κ1) is 31.6. The number of hydrogen-bond acceptors (Lipinski definition) is 1. The van der Waals surface area contributed by atoms with Gasteiger partial charge in [-0.05, 0) is 111 Å². The molecule has 0 aliphatic heterocycles. The third kappa shape index (κ3) is 5.62. The lowest BCUT2D eigenvalue weighted by Crippen LogP contribution is -2.10. The Kier molecular flexibility index (Phi) is 7.85. The Morgan fingerprint density at radius 1 is 0.296 bits per heavy atom. The van der Waals surface area contributed by atoms with E-state index in [0.29, 0.717) is 0 Å². The SMILES string of the molecule is c1ccc(-c2ccc(-c3ccc(N(c4ccc5ccccc5c4)c4ccc5c(c4)c4ccccc4n5-c4ccccc4)cc3)cc2-c2ccccc2)cc1. The van der Waals surface area contributed by atoms with Crippen molar-refractivity contribution in [1.29, 1.82) is 0 Å². The molecule has 0 atom stereocenters. The van der Waals surface area contributed by atoms with E-state index in [1.54, 1.807) is 0 Å². The molecule has 1 heterocycles. The highest BCUT2D eigenvalue weighted by Gasteiger charge is 2.18. The average molecular weight is 689 g/mol. The van der Waals surface area contributed by atoms with Gasteiger partial charge in [0, 0.05) is 33.5 Å². The number of anilines is 3. The molecule has 0 aliphatic carbocycles. The molecular formula is C52H36N2. The van der Waals surface area contributed by atoms with Gasteiger partial charge in [0.05, 0.1) is 11.0 Å². The van der Waals surface area contributed by atoms with Crippen molar-refractivity contribution >= 4 is 49.6 Å². The predicted octanol–water partition coefficient (Wildman–Crippen LogP) is 14.4. The second-order valence-electron chi connectivity index (χ2n) is 13.8. The highest BCUT2D eigenvalue weighted by atomic mass is 15.1. The Labute approximate surface area is 315 Å². The Hall–Kier alpha value is -7.16. The van der Waals surface area contributed by atoms with Gasteiger partial charge in [0.1, 0.15) is 0 Å². The molecule has 2 nitrogen and oxygen atoms in total. The van der Waals surface area contributed by atoms with E-state index in [4.69, 9.17) is 0 Å². The summed E-state index contributed by atoms with van der Waals surface area (Å²) in [5.41, 5.74) is 14.1. The lowest BCUT2D eigenvalue weighted by Gasteiger charge is -2.26. The van der Waals surface area contributed by atoms with Crippen LogP contribution < -0.4 is 4.90 Å². The summed E-state index contributed by atoms with van der Waals surface area (Å²) in [6.45, 7) is 0. The standard InChI is InChI=1S/C52H36N2/c1-4-15-39(16-5-1)47-32-27-42(35-49(47)40-17-6-2-7-18-40)38-24-28-44(29-25-38)53(45-30-26-37-14-10-11-19-41(37)34-45)46-31-33-52-50(36-46)48-22-12-13-23-51(48)54(52)43-20-8-3-9-21-43/h1-36H. The second kappa shape index (κ2) is 13.4. The zero-order chi connectivity index (χ0) is 35.8. The minimum absolute atomic E-state index is 1.10. The molecular weight excluding hydrogens is 653 g/mol. The fraction of sp³-hybridized carbons (Fsp3) is 0. The molecule has 9 aromatic carbocycles. The van der Waals surface area contributed by atoms with Crippen LogP contribution in [0.25, 0.3) is 71.6 Å². The normalized spacial score (nSPS) is 11.3. The van der Waals surface area contributed by atoms with E-state index in [-0.39, 0.29) is 0 Å². The third-order valence-corrected chi connectivity index (χ3v) is 10.6. The van der Waals surface area contributed by atoms with Crippen molar-refractivity contribution in [3.8, 4) is 39.1 Å². The molecule has 1 aromatic heterocycles. The average Bonchev–Trinajstić information content (AvgIpc) is 3.58. The number of para-hydroxylation sites is 2. The molecule has 10 rings (SSSR count). The van der Waals surface area contributed by atoms with Crippen LogP contribution in [0, 0.1) is 0 Å². The fourth-order valence-corrected chi connectivity index (χ4v) is 7.97. The van der Waals surface area contributed by atoms with Crippen LogP contribution in [0.5, 0.6) is 0 Å². The van der Waals surface area contributed by atoms with Crippen LogP contribution >= 0.6 is 0 Å². The largest absolute Gasteiger partial charge is 0.310 e. The number of aromatic nitrogens is 1. The van der Waals surface area contributed by atoms with Crippen LogP contribution in [0.1, 0.15) is 0 Å². The Morgan fingerprint density at radius 2 is 0.852 bits per heavy atom. The first-order valence-electron chi connectivity index (χ1n) is 18.5. The van der Waals surface area contributed by atoms with Crippen molar-refractivity contribution in [3.05, 3.63) is 218 Å². The van der Waals surface area contributed by atoms with Gasteiger partial charge in [0.2, 0.25) is 0 Å². The number of rotatable bonds is 7. The summed E-state index contributed by atoms with van der Waals surface area (Å²) >= 11 is 0. The molecule has 0 N–H and O–H groups in total. The van der Waals surface area contributed by atoms with Crippen LogP contribution in [0.4, 0.5) is 17.1 Å². The number of benzene rings is 9. The van der Waals surface area contributed by atoms with Crippen LogP contribution in [0.15, 0.2) is 218 Å². The minimum Gasteiger partial charge on any atom is -0.310 e. The van der Waals surface area contributed by atoms with E-state index < -0.39 is 0 Å². The van der Waals surface area contributed by atoms with Crippen LogP contribution in [-0.2, 0) is 0 Å². The maximum absolute atomic E-state index is 2.39. The van der Waals surface area contributed by atoms with E-state index in [0.717, 1.165) is 22.7 Å². The van der Waals surface area contributed by atoms with Gasteiger partial charge in [0.25, 0.3) is 0 Å². The quantitative estimate of drug-likeness (QED) is 0.162. The molecule has 10 aromatic rings. The van der Waals surface area contributed by atoms with Crippen molar-refractivity contribution in [3.63, 3.8) is 0 Å². The third-order valence-electron chi connectivity index (χ3n) is 10.6. The van der Waals surface area contributed by atoms with E-state index in [1.807, 2.05) is 0 Å². The smallest absolute Gasteiger partial charge is 0.0542 e. The van der Waals surface area contributed by atoms with Gasteiger partial charge >= 0.3 is 0 Å². The van der Waals surface area contributed by atoms with E-state index in [9.17, 15) is 0 Å². The van der Waals surface area contributed by atoms with Crippen molar-refractivity contribution in [2.24, 2.45) is 0 Å². The number of fused-ring (bicyclic) bond motifs is 4. The molecule has 0 radical (unpaired) electrons. The summed E-state index contributed by atoms with van der Waals surface area (Å²) in [7, 11) is 0. The zero-order valence-corrected chi connectivity index (χ0v) is 29.7. The minimum atomic E-state index is 1.10. The Balaban J connectivity index is 1.11. The topological polar surface area (TPSA) is 8.17 Å². The molecule has 0 spiro atoms. The van der Waals surface area contributed by atoms with Gasteiger partial charge in [-0.2, -0.15) is 0 Å². The molecule has 0 fully saturated rings. The van der Waals surface area contributed by atoms with Crippen molar-refractivity contribution in [2.45, 2.75) is 0 Å². The van der Waals surface area contributed by atoms with Gasteiger partial charge in [-0.25, -0.2) is 0 Å². The molecule has 0 aliphatic rings. The van der Waals surface area contributed by atoms with Crippen molar-refractivity contribution in [1.82, 2.24) is 4.57 Å². The van der Waals surface area contributed by atoms with Crippen LogP contribution in [0.2, 0.25) is 0 Å². The van der Waals surface area contributed by atoms with E-state index in [1.165, 1.54) is 66.0 Å². The zero-order valence-electron chi connectivity index (χ0n) is 29.7. The predicted molar refractivity (Wildman–Crippen MR) is 229 cm³/mol. The molecule has 0 unspecified atom stereocenters. The first-order chi connectivity index (χ1) is 26.8. The van der Waals surface area contributed by atoms with E-state index in [2.05, 4.69) is 228 Å². The van der Waals surface area contributed by atoms with Crippen LogP contribution in [0.3, 0.4) is 0 Å². The molecule has 254 valence electrons. The van der Waals surface area contributed by atoms with Gasteiger partial charge in [-0.15, -0.1) is 0 Å². The van der Waals surface area contributed by atoms with Crippen molar-refractivity contribution < 1.29 is 0 Å². The summed E-state index contributed by atoms with van der Waals surface area (Å²) in [5.74, 6) is 0. The molecule has 0 saturated heterocycles. The van der Waals surface area contributed by atoms with Gasteiger partial charge < -0.3 is 9.47 Å². The lowest BCUT2D eigenvalue weighted by atomic mass is 9.91. The Bertz CT molecular complexity index is 2910. The molecule has 2 heteroatoms. The summed E-state index contributed by atoms with van der Waals surface area (Å²) in [5, 5.41) is 4.90. The van der Waals surface area contributed by atoms with Crippen molar-refractivity contribution in [2.75, 3.05) is 4.90 Å². The summed E-state index contributed by atoms with van der Waals surface area (Å²) in [6.07, 6.45) is 0. The summed E-state index contributed by atoms with van der Waals surface area (Å²) < 4.78 is 2.37. The van der Waals surface area contributed by atoms with E-state index >= 15 is 0 Å². The lowest BCUT2D eigenvalue weighted by molar-refractivity contribution is 1.18. The number of nitrogens with zero attached hydrogens (tertiary/aromatic N) is 2. The highest BCUT2D eigenvalue weighted by molar-refractivity contribution is 6.10. The Morgan fingerprint density at radius 3 is 1.61 bits per heavy atom. The van der Waals surface area contributed by atoms with Gasteiger partial charge in [-0.1, -0.05) is 152 Å². The number of hydrogen-bond donors (Lipinski definition) is 0. The molecule has 54 heavy (non-hydrogen) atoms. The van der Waals surface area contributed by atoms with Gasteiger partial charge in [-0.3, -0.25) is 0 Å². The monoisotopic (exact) mass is 688 g/mol. The maximum Gasteiger partial charge on any atom is 0.0542 e. The van der Waals surface area contributed by atoms with Gasteiger partial charge in [0.15, 0.2) is 0 Å².